The number of hydrogen-bond donors (Lipinski definition) is 2. The molecule has 3 heteroatoms. The second-order valence-electron chi connectivity index (χ2n) is 5.62. The van der Waals surface area contributed by atoms with E-state index in [-0.39, 0.29) is 0 Å². The van der Waals surface area contributed by atoms with Gasteiger partial charge in [-0.25, -0.2) is 0 Å². The molecule has 2 fully saturated rings. The molecular formula is C13H25NO2. The van der Waals surface area contributed by atoms with E-state index in [0.717, 1.165) is 39.0 Å². The van der Waals surface area contributed by atoms with Gasteiger partial charge in [0.25, 0.3) is 0 Å². The van der Waals surface area contributed by atoms with E-state index in [1.54, 1.807) is 0 Å². The average Bonchev–Trinajstić information content (AvgIpc) is 2.31. The molecule has 0 aromatic carbocycles. The highest BCUT2D eigenvalue weighted by Gasteiger charge is 2.35. The summed E-state index contributed by atoms with van der Waals surface area (Å²) in [6.45, 7) is 4.71. The van der Waals surface area contributed by atoms with E-state index >= 15 is 0 Å². The van der Waals surface area contributed by atoms with Crippen molar-refractivity contribution in [2.45, 2.75) is 57.1 Å². The van der Waals surface area contributed by atoms with Gasteiger partial charge in [0.05, 0.1) is 12.2 Å². The lowest BCUT2D eigenvalue weighted by molar-refractivity contribution is -0.0777. The Kier molecular flexibility index (Phi) is 4.22. The molecule has 0 aromatic rings. The first kappa shape index (κ1) is 12.3. The number of hydrogen-bond acceptors (Lipinski definition) is 3. The molecule has 2 N–H and O–H groups in total. The Morgan fingerprint density at radius 2 is 2.19 bits per heavy atom. The van der Waals surface area contributed by atoms with Crippen LogP contribution in [0, 0.1) is 5.92 Å². The van der Waals surface area contributed by atoms with Crippen molar-refractivity contribution in [2.24, 2.45) is 5.92 Å². The maximum Gasteiger partial charge on any atom is 0.0684 e. The van der Waals surface area contributed by atoms with Crippen molar-refractivity contribution in [3.63, 3.8) is 0 Å². The van der Waals surface area contributed by atoms with Crippen molar-refractivity contribution < 1.29 is 9.84 Å². The molecule has 2 saturated heterocycles. The third kappa shape index (κ3) is 3.19. The molecule has 2 aliphatic heterocycles. The number of ether oxygens (including phenoxy) is 1. The molecular weight excluding hydrogens is 202 g/mol. The molecule has 3 atom stereocenters. The van der Waals surface area contributed by atoms with E-state index in [1.165, 1.54) is 19.3 Å². The summed E-state index contributed by atoms with van der Waals surface area (Å²) in [5.41, 5.74) is -0.560. The van der Waals surface area contributed by atoms with Gasteiger partial charge < -0.3 is 15.2 Å². The summed E-state index contributed by atoms with van der Waals surface area (Å²) in [6.07, 6.45) is 6.88. The fourth-order valence-electron chi connectivity index (χ4n) is 2.99. The monoisotopic (exact) mass is 227 g/mol. The lowest BCUT2D eigenvalue weighted by Crippen LogP contribution is -2.46. The molecule has 2 heterocycles. The van der Waals surface area contributed by atoms with Crippen molar-refractivity contribution in [3.05, 3.63) is 0 Å². The SMILES string of the molecule is CC(O)(CC1CCCCN1)C1CCCOC1. The molecule has 0 radical (unpaired) electrons. The average molecular weight is 227 g/mol. The summed E-state index contributed by atoms with van der Waals surface area (Å²) in [4.78, 5) is 0. The van der Waals surface area contributed by atoms with Crippen LogP contribution in [0.2, 0.25) is 0 Å². The number of nitrogens with one attached hydrogen (secondary N) is 1. The van der Waals surface area contributed by atoms with Crippen molar-refractivity contribution in [3.8, 4) is 0 Å². The maximum absolute atomic E-state index is 10.6. The van der Waals surface area contributed by atoms with Crippen LogP contribution in [0.4, 0.5) is 0 Å². The van der Waals surface area contributed by atoms with E-state index in [0.29, 0.717) is 12.0 Å². The van der Waals surface area contributed by atoms with Crippen LogP contribution in [0.1, 0.15) is 45.4 Å². The molecule has 3 nitrogen and oxygen atoms in total. The topological polar surface area (TPSA) is 41.5 Å². The van der Waals surface area contributed by atoms with Crippen molar-refractivity contribution in [1.29, 1.82) is 0 Å². The Bertz CT molecular complexity index is 206. The van der Waals surface area contributed by atoms with Gasteiger partial charge in [-0.1, -0.05) is 6.42 Å². The normalized spacial score (nSPS) is 35.6. The van der Waals surface area contributed by atoms with E-state index in [4.69, 9.17) is 4.74 Å². The fraction of sp³-hybridized carbons (Fsp3) is 1.00. The molecule has 2 rings (SSSR count). The van der Waals surface area contributed by atoms with Crippen molar-refractivity contribution in [2.75, 3.05) is 19.8 Å². The number of piperidine rings is 1. The number of rotatable bonds is 3. The predicted molar refractivity (Wildman–Crippen MR) is 64.4 cm³/mol. The lowest BCUT2D eigenvalue weighted by atomic mass is 9.79. The van der Waals surface area contributed by atoms with Gasteiger partial charge >= 0.3 is 0 Å². The van der Waals surface area contributed by atoms with Crippen LogP contribution in [0.5, 0.6) is 0 Å². The van der Waals surface area contributed by atoms with Gasteiger partial charge in [-0.15, -0.1) is 0 Å². The number of aliphatic hydroxyl groups is 1. The molecule has 0 aromatic heterocycles. The highest BCUT2D eigenvalue weighted by atomic mass is 16.5. The molecule has 16 heavy (non-hydrogen) atoms. The van der Waals surface area contributed by atoms with Gasteiger partial charge in [0, 0.05) is 18.6 Å². The summed E-state index contributed by atoms with van der Waals surface area (Å²) < 4.78 is 5.48. The smallest absolute Gasteiger partial charge is 0.0684 e. The fourth-order valence-corrected chi connectivity index (χ4v) is 2.99. The zero-order valence-corrected chi connectivity index (χ0v) is 10.4. The second-order valence-corrected chi connectivity index (χ2v) is 5.62. The molecule has 0 bridgehead atoms. The van der Waals surface area contributed by atoms with Crippen molar-refractivity contribution >= 4 is 0 Å². The predicted octanol–water partition coefficient (Wildman–Crippen LogP) is 1.70. The largest absolute Gasteiger partial charge is 0.390 e. The van der Waals surface area contributed by atoms with Crippen LogP contribution in [-0.2, 0) is 4.74 Å². The lowest BCUT2D eigenvalue weighted by Gasteiger charge is -2.38. The minimum absolute atomic E-state index is 0.324. The van der Waals surface area contributed by atoms with Gasteiger partial charge in [0.2, 0.25) is 0 Å². The molecule has 0 spiro atoms. The highest BCUT2D eigenvalue weighted by Crippen LogP contribution is 2.31. The van der Waals surface area contributed by atoms with Crippen LogP contribution in [-0.4, -0.2) is 36.5 Å². The summed E-state index contributed by atoms with van der Waals surface area (Å²) in [5.74, 6) is 0.324. The first-order valence-corrected chi connectivity index (χ1v) is 6.72. The summed E-state index contributed by atoms with van der Waals surface area (Å²) in [7, 11) is 0. The van der Waals surface area contributed by atoms with E-state index in [1.807, 2.05) is 6.92 Å². The van der Waals surface area contributed by atoms with Crippen LogP contribution in [0.3, 0.4) is 0 Å². The Balaban J connectivity index is 1.84. The quantitative estimate of drug-likeness (QED) is 0.771. The van der Waals surface area contributed by atoms with E-state index in [9.17, 15) is 5.11 Å². The zero-order valence-electron chi connectivity index (χ0n) is 10.4. The molecule has 3 unspecified atom stereocenters. The molecule has 2 aliphatic rings. The van der Waals surface area contributed by atoms with E-state index < -0.39 is 5.60 Å². The van der Waals surface area contributed by atoms with Gasteiger partial charge in [0.15, 0.2) is 0 Å². The minimum Gasteiger partial charge on any atom is -0.390 e. The van der Waals surface area contributed by atoms with E-state index in [2.05, 4.69) is 5.32 Å². The molecule has 0 amide bonds. The zero-order chi connectivity index (χ0) is 11.4. The Labute approximate surface area is 98.6 Å². The third-order valence-electron chi connectivity index (χ3n) is 4.11. The summed E-state index contributed by atoms with van der Waals surface area (Å²) >= 11 is 0. The van der Waals surface area contributed by atoms with Gasteiger partial charge in [0.1, 0.15) is 0 Å². The van der Waals surface area contributed by atoms with Crippen LogP contribution in [0.15, 0.2) is 0 Å². The van der Waals surface area contributed by atoms with Crippen LogP contribution >= 0.6 is 0 Å². The van der Waals surface area contributed by atoms with Crippen LogP contribution < -0.4 is 5.32 Å². The summed E-state index contributed by atoms with van der Waals surface area (Å²) in [6, 6.07) is 0.505. The molecule has 0 aliphatic carbocycles. The van der Waals surface area contributed by atoms with Gasteiger partial charge in [-0.05, 0) is 45.6 Å². The Morgan fingerprint density at radius 3 is 2.81 bits per heavy atom. The maximum atomic E-state index is 10.6. The van der Waals surface area contributed by atoms with Gasteiger partial charge in [-0.3, -0.25) is 0 Å². The standard InChI is InChI=1S/C13H25NO2/c1-13(15,11-5-4-8-16-10-11)9-12-6-2-3-7-14-12/h11-12,14-15H,2-10H2,1H3. The highest BCUT2D eigenvalue weighted by molar-refractivity contribution is 4.89. The second kappa shape index (κ2) is 5.48. The van der Waals surface area contributed by atoms with Gasteiger partial charge in [-0.2, -0.15) is 0 Å². The molecule has 94 valence electrons. The Morgan fingerprint density at radius 1 is 1.31 bits per heavy atom. The van der Waals surface area contributed by atoms with Crippen LogP contribution in [0.25, 0.3) is 0 Å². The van der Waals surface area contributed by atoms with Crippen molar-refractivity contribution in [1.82, 2.24) is 5.32 Å². The first-order chi connectivity index (χ1) is 7.68. The minimum atomic E-state index is -0.560. The first-order valence-electron chi connectivity index (χ1n) is 6.72. The third-order valence-corrected chi connectivity index (χ3v) is 4.11. The molecule has 0 saturated carbocycles. The Hall–Kier alpha value is -0.120. The summed E-state index contributed by atoms with van der Waals surface area (Å²) in [5, 5.41) is 14.1.